The molecule has 128 valence electrons. The number of benzene rings is 2. The molecule has 0 bridgehead atoms. The third-order valence-electron chi connectivity index (χ3n) is 4.35. The lowest BCUT2D eigenvalue weighted by molar-refractivity contribution is 0.0161. The van der Waals surface area contributed by atoms with E-state index in [1.54, 1.807) is 0 Å². The number of nitrogens with zero attached hydrogens (tertiary/aromatic N) is 1. The third-order valence-corrected chi connectivity index (χ3v) is 4.97. The molecule has 3 rings (SSSR count). The van der Waals surface area contributed by atoms with Crippen LogP contribution in [0, 0.1) is 0 Å². The molecular formula is C19H22Cl2N2O. The monoisotopic (exact) mass is 364 g/mol. The van der Waals surface area contributed by atoms with Crippen molar-refractivity contribution in [2.75, 3.05) is 32.8 Å². The molecule has 5 heteroatoms. The number of hydrogen-bond donors (Lipinski definition) is 1. The van der Waals surface area contributed by atoms with E-state index in [-0.39, 0.29) is 0 Å². The maximum atomic E-state index is 6.24. The van der Waals surface area contributed by atoms with Crippen molar-refractivity contribution in [1.29, 1.82) is 0 Å². The SMILES string of the molecule is Clc1ccc(C(CNCc2ccccc2Cl)N2CCOCC2)cc1. The summed E-state index contributed by atoms with van der Waals surface area (Å²) in [4.78, 5) is 2.46. The first-order valence-electron chi connectivity index (χ1n) is 8.25. The van der Waals surface area contributed by atoms with Crippen molar-refractivity contribution < 1.29 is 4.74 Å². The Morgan fingerprint density at radius 1 is 1.00 bits per heavy atom. The van der Waals surface area contributed by atoms with Gasteiger partial charge in [-0.15, -0.1) is 0 Å². The van der Waals surface area contributed by atoms with E-state index in [1.807, 2.05) is 30.3 Å². The van der Waals surface area contributed by atoms with Crippen molar-refractivity contribution in [2.45, 2.75) is 12.6 Å². The van der Waals surface area contributed by atoms with Crippen LogP contribution in [0.25, 0.3) is 0 Å². The van der Waals surface area contributed by atoms with Crippen LogP contribution in [0.3, 0.4) is 0 Å². The Balaban J connectivity index is 1.67. The molecule has 1 heterocycles. The first-order valence-corrected chi connectivity index (χ1v) is 9.01. The molecule has 1 fully saturated rings. The van der Waals surface area contributed by atoms with Gasteiger partial charge in [-0.1, -0.05) is 53.5 Å². The van der Waals surface area contributed by atoms with Crippen LogP contribution in [0.15, 0.2) is 48.5 Å². The van der Waals surface area contributed by atoms with E-state index in [9.17, 15) is 0 Å². The van der Waals surface area contributed by atoms with Gasteiger partial charge in [0, 0.05) is 42.3 Å². The Kier molecular flexibility index (Phi) is 6.52. The fourth-order valence-electron chi connectivity index (χ4n) is 3.02. The smallest absolute Gasteiger partial charge is 0.0594 e. The van der Waals surface area contributed by atoms with Crippen LogP contribution < -0.4 is 5.32 Å². The molecule has 0 aliphatic carbocycles. The van der Waals surface area contributed by atoms with Gasteiger partial charge in [-0.25, -0.2) is 0 Å². The lowest BCUT2D eigenvalue weighted by atomic mass is 10.0. The van der Waals surface area contributed by atoms with Gasteiger partial charge >= 0.3 is 0 Å². The highest BCUT2D eigenvalue weighted by Gasteiger charge is 2.22. The molecule has 1 aliphatic heterocycles. The molecule has 3 nitrogen and oxygen atoms in total. The summed E-state index contributed by atoms with van der Waals surface area (Å²) in [6, 6.07) is 16.4. The van der Waals surface area contributed by atoms with Gasteiger partial charge in [-0.3, -0.25) is 4.90 Å². The summed E-state index contributed by atoms with van der Waals surface area (Å²) in [7, 11) is 0. The number of halogens is 2. The van der Waals surface area contributed by atoms with Gasteiger partial charge in [-0.05, 0) is 29.3 Å². The number of ether oxygens (including phenoxy) is 1. The zero-order chi connectivity index (χ0) is 16.8. The summed E-state index contributed by atoms with van der Waals surface area (Å²) < 4.78 is 5.49. The molecule has 1 N–H and O–H groups in total. The van der Waals surface area contributed by atoms with E-state index in [0.717, 1.165) is 55.0 Å². The van der Waals surface area contributed by atoms with Crippen LogP contribution in [-0.4, -0.2) is 37.7 Å². The van der Waals surface area contributed by atoms with Gasteiger partial charge in [0.05, 0.1) is 13.2 Å². The topological polar surface area (TPSA) is 24.5 Å². The molecule has 1 aliphatic rings. The zero-order valence-electron chi connectivity index (χ0n) is 13.6. The molecule has 2 aromatic carbocycles. The minimum Gasteiger partial charge on any atom is -0.379 e. The van der Waals surface area contributed by atoms with E-state index in [1.165, 1.54) is 5.56 Å². The quantitative estimate of drug-likeness (QED) is 0.832. The van der Waals surface area contributed by atoms with E-state index >= 15 is 0 Å². The van der Waals surface area contributed by atoms with E-state index in [0.29, 0.717) is 6.04 Å². The number of hydrogen-bond acceptors (Lipinski definition) is 3. The molecule has 1 saturated heterocycles. The average molecular weight is 365 g/mol. The maximum absolute atomic E-state index is 6.24. The second kappa shape index (κ2) is 8.84. The highest BCUT2D eigenvalue weighted by atomic mass is 35.5. The second-order valence-corrected chi connectivity index (χ2v) is 6.78. The molecule has 0 amide bonds. The Labute approximate surface area is 153 Å². The summed E-state index contributed by atoms with van der Waals surface area (Å²) in [5.41, 5.74) is 2.39. The van der Waals surface area contributed by atoms with Gasteiger partial charge in [0.15, 0.2) is 0 Å². The predicted molar refractivity (Wildman–Crippen MR) is 99.7 cm³/mol. The van der Waals surface area contributed by atoms with Gasteiger partial charge in [-0.2, -0.15) is 0 Å². The molecule has 1 atom stereocenters. The number of morpholine rings is 1. The normalized spacial score (nSPS) is 16.9. The van der Waals surface area contributed by atoms with Crippen LogP contribution in [0.4, 0.5) is 0 Å². The Bertz CT molecular complexity index is 642. The first-order chi connectivity index (χ1) is 11.7. The van der Waals surface area contributed by atoms with Crippen LogP contribution in [0.2, 0.25) is 10.0 Å². The van der Waals surface area contributed by atoms with Crippen molar-refractivity contribution in [3.05, 3.63) is 69.7 Å². The molecule has 1 unspecified atom stereocenters. The molecule has 0 aromatic heterocycles. The third kappa shape index (κ3) is 4.71. The lowest BCUT2D eigenvalue weighted by Gasteiger charge is -2.35. The van der Waals surface area contributed by atoms with E-state index < -0.39 is 0 Å². The van der Waals surface area contributed by atoms with Crippen molar-refractivity contribution in [3.8, 4) is 0 Å². The highest BCUT2D eigenvalue weighted by Crippen LogP contribution is 2.23. The van der Waals surface area contributed by atoms with Crippen molar-refractivity contribution in [1.82, 2.24) is 10.2 Å². The van der Waals surface area contributed by atoms with Crippen molar-refractivity contribution in [3.63, 3.8) is 0 Å². The van der Waals surface area contributed by atoms with Crippen LogP contribution in [-0.2, 0) is 11.3 Å². The van der Waals surface area contributed by atoms with Crippen LogP contribution in [0.5, 0.6) is 0 Å². The summed E-state index contributed by atoms with van der Waals surface area (Å²) >= 11 is 12.3. The summed E-state index contributed by atoms with van der Waals surface area (Å²) in [5, 5.41) is 5.13. The lowest BCUT2D eigenvalue weighted by Crippen LogP contribution is -2.42. The highest BCUT2D eigenvalue weighted by molar-refractivity contribution is 6.31. The average Bonchev–Trinajstić information content (AvgIpc) is 2.62. The maximum Gasteiger partial charge on any atom is 0.0594 e. The van der Waals surface area contributed by atoms with Crippen molar-refractivity contribution in [2.24, 2.45) is 0 Å². The van der Waals surface area contributed by atoms with Crippen molar-refractivity contribution >= 4 is 23.2 Å². The number of nitrogens with one attached hydrogen (secondary N) is 1. The van der Waals surface area contributed by atoms with Crippen LogP contribution >= 0.6 is 23.2 Å². The Morgan fingerprint density at radius 3 is 2.42 bits per heavy atom. The Hall–Kier alpha value is -1.10. The van der Waals surface area contributed by atoms with Gasteiger partial charge in [0.2, 0.25) is 0 Å². The minimum atomic E-state index is 0.300. The first kappa shape index (κ1) is 17.7. The van der Waals surface area contributed by atoms with Gasteiger partial charge in [0.25, 0.3) is 0 Å². The molecule has 0 spiro atoms. The van der Waals surface area contributed by atoms with E-state index in [4.69, 9.17) is 27.9 Å². The fourth-order valence-corrected chi connectivity index (χ4v) is 3.35. The van der Waals surface area contributed by atoms with Gasteiger partial charge in [0.1, 0.15) is 0 Å². The van der Waals surface area contributed by atoms with E-state index in [2.05, 4.69) is 28.4 Å². The van der Waals surface area contributed by atoms with Gasteiger partial charge < -0.3 is 10.1 Å². The minimum absolute atomic E-state index is 0.300. The summed E-state index contributed by atoms with van der Waals surface area (Å²) in [6.07, 6.45) is 0. The molecule has 2 aromatic rings. The molecule has 24 heavy (non-hydrogen) atoms. The fraction of sp³-hybridized carbons (Fsp3) is 0.368. The Morgan fingerprint density at radius 2 is 1.71 bits per heavy atom. The predicted octanol–water partition coefficient (Wildman–Crippen LogP) is 4.16. The molecule has 0 saturated carbocycles. The summed E-state index contributed by atoms with van der Waals surface area (Å²) in [6.45, 7) is 5.08. The summed E-state index contributed by atoms with van der Waals surface area (Å²) in [5.74, 6) is 0. The van der Waals surface area contributed by atoms with Crippen LogP contribution in [0.1, 0.15) is 17.2 Å². The zero-order valence-corrected chi connectivity index (χ0v) is 15.1. The number of rotatable bonds is 6. The largest absolute Gasteiger partial charge is 0.379 e. The second-order valence-electron chi connectivity index (χ2n) is 5.94. The molecule has 0 radical (unpaired) electrons. The standard InChI is InChI=1S/C19H22Cl2N2O/c20-17-7-5-15(6-8-17)19(23-9-11-24-12-10-23)14-22-13-16-3-1-2-4-18(16)21/h1-8,19,22H,9-14H2. The molecular weight excluding hydrogens is 343 g/mol.